The Hall–Kier alpha value is -3.73. The predicted molar refractivity (Wildman–Crippen MR) is 186 cm³/mol. The molecule has 0 saturated carbocycles. The zero-order chi connectivity index (χ0) is 35.2. The molecule has 0 heterocycles. The molecule has 10 nitrogen and oxygen atoms in total. The van der Waals surface area contributed by atoms with E-state index in [-0.39, 0.29) is 18.7 Å². The van der Waals surface area contributed by atoms with Crippen molar-refractivity contribution in [1.29, 1.82) is 0 Å². The van der Waals surface area contributed by atoms with Crippen LogP contribution in [0.3, 0.4) is 0 Å². The molecule has 0 bridgehead atoms. The number of thioether (sulfide) groups is 1. The van der Waals surface area contributed by atoms with Crippen LogP contribution in [0.15, 0.2) is 54.6 Å². The summed E-state index contributed by atoms with van der Waals surface area (Å²) in [5, 5.41) is 15.7. The number of ether oxygens (including phenoxy) is 2. The number of phenolic OH excluding ortho intramolecular Hbond substituents is 1. The van der Waals surface area contributed by atoms with Gasteiger partial charge in [-0.3, -0.25) is 9.59 Å². The fraction of sp³-hybridized carbons (Fsp3) is 0.556. The second-order valence-corrected chi connectivity index (χ2v) is 14.5. The van der Waals surface area contributed by atoms with Gasteiger partial charge in [-0.2, -0.15) is 11.8 Å². The van der Waals surface area contributed by atoms with Crippen LogP contribution in [-0.4, -0.2) is 75.7 Å². The van der Waals surface area contributed by atoms with Gasteiger partial charge in [0.05, 0.1) is 0 Å². The normalized spacial score (nSPS) is 13.5. The molecule has 0 radical (unpaired) electrons. The second-order valence-electron chi connectivity index (χ2n) is 13.5. The number of hydrogen-bond acceptors (Lipinski definition) is 8. The van der Waals surface area contributed by atoms with Crippen LogP contribution in [0.5, 0.6) is 5.75 Å². The summed E-state index contributed by atoms with van der Waals surface area (Å²) in [6.45, 7) is 12.7. The molecule has 260 valence electrons. The number of amides is 3. The monoisotopic (exact) mass is 671 g/mol. The van der Waals surface area contributed by atoms with E-state index in [9.17, 15) is 24.3 Å². The van der Waals surface area contributed by atoms with Crippen molar-refractivity contribution in [2.45, 2.75) is 110 Å². The van der Waals surface area contributed by atoms with Gasteiger partial charge in [0.2, 0.25) is 11.8 Å². The lowest BCUT2D eigenvalue weighted by molar-refractivity contribution is -0.159. The SMILES string of the molecule is CCCCCN(C(=O)C(CCSC)NC(=O)OC(C)(C)C)C(C(=O)NC(Cc1ccccc1)C(=O)OC(C)(C)C)c1ccc(O)cc1. The Bertz CT molecular complexity index is 1290. The van der Waals surface area contributed by atoms with Gasteiger partial charge in [-0.05, 0) is 89.7 Å². The number of unbranched alkanes of at least 4 members (excludes halogenated alkanes) is 2. The molecule has 2 rings (SSSR count). The molecule has 0 aromatic heterocycles. The third-order valence-corrected chi connectivity index (χ3v) is 7.59. The van der Waals surface area contributed by atoms with Gasteiger partial charge in [0.1, 0.15) is 35.1 Å². The second kappa shape index (κ2) is 18.6. The predicted octanol–water partition coefficient (Wildman–Crippen LogP) is 6.17. The molecule has 11 heteroatoms. The summed E-state index contributed by atoms with van der Waals surface area (Å²) in [7, 11) is 0. The van der Waals surface area contributed by atoms with Gasteiger partial charge in [-0.25, -0.2) is 9.59 Å². The Morgan fingerprint density at radius 2 is 1.47 bits per heavy atom. The topological polar surface area (TPSA) is 134 Å². The number of nitrogens with zero attached hydrogens (tertiary/aromatic N) is 1. The van der Waals surface area contributed by atoms with Crippen molar-refractivity contribution >= 4 is 35.6 Å². The van der Waals surface area contributed by atoms with Gasteiger partial charge in [-0.15, -0.1) is 0 Å². The fourth-order valence-electron chi connectivity index (χ4n) is 4.84. The van der Waals surface area contributed by atoms with E-state index in [0.717, 1.165) is 18.4 Å². The molecule has 3 unspecified atom stereocenters. The molecular formula is C36H53N3O7S. The highest BCUT2D eigenvalue weighted by atomic mass is 32.2. The summed E-state index contributed by atoms with van der Waals surface area (Å²) in [5.41, 5.74) is -0.317. The standard InChI is InChI=1S/C36H53N3O7S/c1-9-10-14-22-39(32(42)28(21-23-47-8)38-34(44)46-36(5,6)7)30(26-17-19-27(40)20-18-26)31(41)37-29(33(43)45-35(2,3)4)24-25-15-12-11-13-16-25/h11-13,15-20,28-30,40H,9-10,14,21-24H2,1-8H3,(H,37,41)(H,38,44). The Morgan fingerprint density at radius 3 is 2.02 bits per heavy atom. The lowest BCUT2D eigenvalue weighted by atomic mass is 10.00. The van der Waals surface area contributed by atoms with Crippen LogP contribution in [0.25, 0.3) is 0 Å². The van der Waals surface area contributed by atoms with E-state index in [0.29, 0.717) is 24.2 Å². The lowest BCUT2D eigenvalue weighted by Crippen LogP contribution is -2.55. The minimum Gasteiger partial charge on any atom is -0.508 e. The summed E-state index contributed by atoms with van der Waals surface area (Å²) in [6, 6.07) is 12.1. The first-order valence-corrected chi connectivity index (χ1v) is 17.6. The molecule has 0 aliphatic carbocycles. The van der Waals surface area contributed by atoms with Crippen LogP contribution in [0.4, 0.5) is 4.79 Å². The fourth-order valence-corrected chi connectivity index (χ4v) is 5.31. The molecular weight excluding hydrogens is 618 g/mol. The van der Waals surface area contributed by atoms with Gasteiger partial charge in [0, 0.05) is 13.0 Å². The Morgan fingerprint density at radius 1 is 0.851 bits per heavy atom. The largest absolute Gasteiger partial charge is 0.508 e. The Kier molecular flexibility index (Phi) is 15.6. The highest BCUT2D eigenvalue weighted by Crippen LogP contribution is 2.27. The molecule has 0 aliphatic heterocycles. The van der Waals surface area contributed by atoms with Crippen molar-refractivity contribution in [3.8, 4) is 5.75 Å². The summed E-state index contributed by atoms with van der Waals surface area (Å²) in [6.07, 6.45) is 3.94. The molecule has 0 saturated heterocycles. The summed E-state index contributed by atoms with van der Waals surface area (Å²) in [5.74, 6) is -1.08. The third kappa shape index (κ3) is 14.3. The minimum atomic E-state index is -1.18. The first-order chi connectivity index (χ1) is 22.0. The highest BCUT2D eigenvalue weighted by molar-refractivity contribution is 7.98. The van der Waals surface area contributed by atoms with Crippen LogP contribution in [0.1, 0.15) is 91.3 Å². The van der Waals surface area contributed by atoms with Gasteiger partial charge in [0.15, 0.2) is 0 Å². The van der Waals surface area contributed by atoms with Crippen molar-refractivity contribution in [3.05, 3.63) is 65.7 Å². The average Bonchev–Trinajstić information content (AvgIpc) is 2.97. The van der Waals surface area contributed by atoms with Crippen LogP contribution in [0, 0.1) is 0 Å². The van der Waals surface area contributed by atoms with Gasteiger partial charge < -0.3 is 30.1 Å². The maximum Gasteiger partial charge on any atom is 0.408 e. The van der Waals surface area contributed by atoms with E-state index in [1.54, 1.807) is 53.7 Å². The van der Waals surface area contributed by atoms with Gasteiger partial charge in [-0.1, -0.05) is 62.2 Å². The molecule has 3 N–H and O–H groups in total. The van der Waals surface area contributed by atoms with Crippen molar-refractivity contribution in [2.75, 3.05) is 18.6 Å². The zero-order valence-electron chi connectivity index (χ0n) is 29.1. The number of aromatic hydroxyl groups is 1. The number of hydrogen-bond donors (Lipinski definition) is 3. The zero-order valence-corrected chi connectivity index (χ0v) is 29.9. The van der Waals surface area contributed by atoms with Crippen molar-refractivity contribution in [1.82, 2.24) is 15.5 Å². The highest BCUT2D eigenvalue weighted by Gasteiger charge is 2.38. The van der Waals surface area contributed by atoms with E-state index in [1.807, 2.05) is 43.5 Å². The maximum atomic E-state index is 14.5. The van der Waals surface area contributed by atoms with Crippen LogP contribution in [0.2, 0.25) is 0 Å². The van der Waals surface area contributed by atoms with Gasteiger partial charge in [0.25, 0.3) is 0 Å². The third-order valence-electron chi connectivity index (χ3n) is 6.94. The number of carbonyl (C=O) groups is 4. The van der Waals surface area contributed by atoms with E-state index in [1.165, 1.54) is 28.8 Å². The number of benzene rings is 2. The Labute approximate surface area is 284 Å². The molecule has 3 atom stereocenters. The summed E-state index contributed by atoms with van der Waals surface area (Å²) < 4.78 is 11.2. The number of esters is 1. The van der Waals surface area contributed by atoms with Crippen LogP contribution >= 0.6 is 11.8 Å². The number of nitrogens with one attached hydrogen (secondary N) is 2. The number of carbonyl (C=O) groups excluding carboxylic acids is 4. The average molecular weight is 672 g/mol. The molecule has 3 amide bonds. The molecule has 2 aromatic rings. The van der Waals surface area contributed by atoms with E-state index in [4.69, 9.17) is 9.47 Å². The summed E-state index contributed by atoms with van der Waals surface area (Å²) in [4.78, 5) is 56.7. The molecule has 0 spiro atoms. The van der Waals surface area contributed by atoms with E-state index in [2.05, 4.69) is 10.6 Å². The lowest BCUT2D eigenvalue weighted by Gasteiger charge is -2.35. The first kappa shape index (κ1) is 39.4. The molecule has 47 heavy (non-hydrogen) atoms. The van der Waals surface area contributed by atoms with Crippen LogP contribution < -0.4 is 10.6 Å². The quantitative estimate of drug-likeness (QED) is 0.143. The van der Waals surface area contributed by atoms with E-state index >= 15 is 0 Å². The van der Waals surface area contributed by atoms with Crippen molar-refractivity contribution < 1.29 is 33.8 Å². The molecule has 0 aliphatic rings. The minimum absolute atomic E-state index is 0.00286. The van der Waals surface area contributed by atoms with E-state index < -0.39 is 53.2 Å². The van der Waals surface area contributed by atoms with Crippen LogP contribution in [-0.2, 0) is 30.3 Å². The smallest absolute Gasteiger partial charge is 0.408 e. The number of alkyl carbamates (subject to hydrolysis) is 1. The van der Waals surface area contributed by atoms with Crippen molar-refractivity contribution in [3.63, 3.8) is 0 Å². The number of phenols is 1. The molecule has 2 aromatic carbocycles. The first-order valence-electron chi connectivity index (χ1n) is 16.2. The van der Waals surface area contributed by atoms with Gasteiger partial charge >= 0.3 is 12.1 Å². The number of rotatable bonds is 16. The Balaban J connectivity index is 2.60. The maximum absolute atomic E-state index is 14.5. The molecule has 0 fully saturated rings. The summed E-state index contributed by atoms with van der Waals surface area (Å²) >= 11 is 1.53. The van der Waals surface area contributed by atoms with Crippen molar-refractivity contribution in [2.24, 2.45) is 0 Å².